The van der Waals surface area contributed by atoms with Crippen molar-refractivity contribution in [2.75, 3.05) is 25.5 Å². The highest BCUT2D eigenvalue weighted by atomic mass is 16.5. The number of anilines is 1. The minimum atomic E-state index is -0.464. The largest absolute Gasteiger partial charge is 0.497 e. The van der Waals surface area contributed by atoms with Crippen molar-refractivity contribution < 1.29 is 18.8 Å². The number of amides is 2. The van der Waals surface area contributed by atoms with Gasteiger partial charge in [-0.25, -0.2) is 0 Å². The van der Waals surface area contributed by atoms with Gasteiger partial charge in [0.1, 0.15) is 5.75 Å². The number of nitrogens with zero attached hydrogens (tertiary/aromatic N) is 3. The summed E-state index contributed by atoms with van der Waals surface area (Å²) in [6, 6.07) is 5.43. The first kappa shape index (κ1) is 18.5. The van der Waals surface area contributed by atoms with Crippen molar-refractivity contribution in [3.63, 3.8) is 0 Å². The van der Waals surface area contributed by atoms with Gasteiger partial charge in [-0.3, -0.25) is 9.59 Å². The predicted octanol–water partition coefficient (Wildman–Crippen LogP) is 2.29. The van der Waals surface area contributed by atoms with Crippen LogP contribution in [0.4, 0.5) is 5.69 Å². The van der Waals surface area contributed by atoms with E-state index in [1.54, 1.807) is 26.2 Å². The van der Waals surface area contributed by atoms with E-state index in [4.69, 9.17) is 9.26 Å². The summed E-state index contributed by atoms with van der Waals surface area (Å²) in [7, 11) is 1.59. The van der Waals surface area contributed by atoms with Crippen LogP contribution in [0.15, 0.2) is 22.7 Å². The molecule has 28 heavy (non-hydrogen) atoms. The summed E-state index contributed by atoms with van der Waals surface area (Å²) in [5.74, 6) is 1.83. The predicted molar refractivity (Wildman–Crippen MR) is 101 cm³/mol. The Kier molecular flexibility index (Phi) is 5.02. The number of likely N-dealkylation sites (tertiary alicyclic amines) is 1. The van der Waals surface area contributed by atoms with Crippen molar-refractivity contribution in [3.05, 3.63) is 35.5 Å². The Morgan fingerprint density at radius 3 is 2.82 bits per heavy atom. The van der Waals surface area contributed by atoms with Crippen LogP contribution in [0.5, 0.6) is 5.75 Å². The molecule has 2 aliphatic rings. The van der Waals surface area contributed by atoms with Crippen molar-refractivity contribution in [3.8, 4) is 5.75 Å². The number of piperidine rings is 1. The highest BCUT2D eigenvalue weighted by molar-refractivity contribution is 6.01. The number of carbonyl (C=O) groups excluding carboxylic acids is 2. The minimum Gasteiger partial charge on any atom is -0.497 e. The lowest BCUT2D eigenvalue weighted by Gasteiger charge is -2.35. The number of carbonyl (C=O) groups is 2. The first-order valence-corrected chi connectivity index (χ1v) is 9.59. The Hall–Kier alpha value is -2.90. The van der Waals surface area contributed by atoms with E-state index < -0.39 is 5.92 Å². The van der Waals surface area contributed by atoms with Gasteiger partial charge in [0.15, 0.2) is 5.82 Å². The standard InChI is InChI=1S/C20H24N4O4/c1-12-21-19(28-23-12)9-13-5-7-24(8-6-13)20(26)16-11-18(25)22-17-4-3-14(27-2)10-15(16)17/h3-4,10,13,16H,5-9,11H2,1-2H3,(H,22,25)/t16-/m1/s1. The molecule has 2 amide bonds. The summed E-state index contributed by atoms with van der Waals surface area (Å²) < 4.78 is 10.5. The lowest BCUT2D eigenvalue weighted by molar-refractivity contribution is -0.136. The summed E-state index contributed by atoms with van der Waals surface area (Å²) >= 11 is 0. The second-order valence-corrected chi connectivity index (χ2v) is 7.47. The monoisotopic (exact) mass is 384 g/mol. The number of methoxy groups -OCH3 is 1. The molecule has 4 rings (SSSR count). The maximum absolute atomic E-state index is 13.2. The fourth-order valence-electron chi connectivity index (χ4n) is 4.03. The number of rotatable bonds is 4. The molecule has 2 aromatic rings. The Balaban J connectivity index is 1.43. The number of benzene rings is 1. The summed E-state index contributed by atoms with van der Waals surface area (Å²) in [5.41, 5.74) is 1.52. The number of hydrogen-bond acceptors (Lipinski definition) is 6. The van der Waals surface area contributed by atoms with Gasteiger partial charge in [0.05, 0.1) is 13.0 Å². The molecule has 0 radical (unpaired) electrons. The van der Waals surface area contributed by atoms with Crippen molar-refractivity contribution in [2.24, 2.45) is 5.92 Å². The SMILES string of the molecule is COc1ccc2c(c1)[C@H](C(=O)N1CCC(Cc3nc(C)no3)CC1)CC(=O)N2. The first-order valence-electron chi connectivity index (χ1n) is 9.59. The highest BCUT2D eigenvalue weighted by Crippen LogP contribution is 2.36. The fourth-order valence-corrected chi connectivity index (χ4v) is 4.03. The lowest BCUT2D eigenvalue weighted by Crippen LogP contribution is -2.43. The van der Waals surface area contributed by atoms with E-state index in [9.17, 15) is 9.59 Å². The molecule has 3 heterocycles. The van der Waals surface area contributed by atoms with Crippen LogP contribution in [0.3, 0.4) is 0 Å². The molecule has 0 saturated carbocycles. The van der Waals surface area contributed by atoms with Gasteiger partial charge in [0.2, 0.25) is 17.7 Å². The summed E-state index contributed by atoms with van der Waals surface area (Å²) in [5, 5.41) is 6.68. The van der Waals surface area contributed by atoms with Crippen molar-refractivity contribution >= 4 is 17.5 Å². The molecule has 2 aliphatic heterocycles. The van der Waals surface area contributed by atoms with Crippen LogP contribution in [0.25, 0.3) is 0 Å². The van der Waals surface area contributed by atoms with E-state index >= 15 is 0 Å². The maximum atomic E-state index is 13.2. The van der Waals surface area contributed by atoms with Gasteiger partial charge in [-0.1, -0.05) is 5.16 Å². The molecule has 1 saturated heterocycles. The Bertz CT molecular complexity index is 886. The molecule has 1 aromatic carbocycles. The Morgan fingerprint density at radius 2 is 2.14 bits per heavy atom. The van der Waals surface area contributed by atoms with Crippen molar-refractivity contribution in [2.45, 2.75) is 38.5 Å². The van der Waals surface area contributed by atoms with Crippen molar-refractivity contribution in [1.82, 2.24) is 15.0 Å². The molecule has 0 spiro atoms. The average Bonchev–Trinajstić information content (AvgIpc) is 3.11. The summed E-state index contributed by atoms with van der Waals surface area (Å²) in [4.78, 5) is 31.4. The number of hydrogen-bond donors (Lipinski definition) is 1. The van der Waals surface area contributed by atoms with Crippen LogP contribution in [0.2, 0.25) is 0 Å². The van der Waals surface area contributed by atoms with Gasteiger partial charge in [-0.05, 0) is 49.4 Å². The number of ether oxygens (including phenoxy) is 1. The maximum Gasteiger partial charge on any atom is 0.230 e. The zero-order valence-corrected chi connectivity index (χ0v) is 16.1. The topological polar surface area (TPSA) is 97.6 Å². The number of aromatic nitrogens is 2. The van der Waals surface area contributed by atoms with Crippen LogP contribution < -0.4 is 10.1 Å². The molecular formula is C20H24N4O4. The van der Waals surface area contributed by atoms with Gasteiger partial charge >= 0.3 is 0 Å². The average molecular weight is 384 g/mol. The Labute approximate surface area is 163 Å². The summed E-state index contributed by atoms with van der Waals surface area (Å²) in [6.07, 6.45) is 2.68. The molecule has 0 bridgehead atoms. The second kappa shape index (κ2) is 7.61. The molecule has 0 aliphatic carbocycles. The van der Waals surface area contributed by atoms with Gasteiger partial charge in [-0.2, -0.15) is 4.98 Å². The number of nitrogens with one attached hydrogen (secondary N) is 1. The molecule has 1 fully saturated rings. The molecule has 1 N–H and O–H groups in total. The molecule has 0 unspecified atom stereocenters. The summed E-state index contributed by atoms with van der Waals surface area (Å²) in [6.45, 7) is 3.16. The van der Waals surface area contributed by atoms with E-state index in [1.807, 2.05) is 11.0 Å². The Morgan fingerprint density at radius 1 is 1.36 bits per heavy atom. The second-order valence-electron chi connectivity index (χ2n) is 7.47. The van der Waals surface area contributed by atoms with Gasteiger partial charge in [0, 0.05) is 31.6 Å². The smallest absolute Gasteiger partial charge is 0.230 e. The third kappa shape index (κ3) is 3.72. The first-order chi connectivity index (χ1) is 13.5. The highest BCUT2D eigenvalue weighted by Gasteiger charge is 2.35. The third-order valence-corrected chi connectivity index (χ3v) is 5.55. The van der Waals surface area contributed by atoms with E-state index in [-0.39, 0.29) is 18.2 Å². The van der Waals surface area contributed by atoms with Crippen molar-refractivity contribution in [1.29, 1.82) is 0 Å². The van der Waals surface area contributed by atoms with Gasteiger partial charge in [0.25, 0.3) is 0 Å². The van der Waals surface area contributed by atoms with Crippen LogP contribution >= 0.6 is 0 Å². The van der Waals surface area contributed by atoms with Gasteiger partial charge < -0.3 is 19.5 Å². The zero-order chi connectivity index (χ0) is 19.7. The van der Waals surface area contributed by atoms with Crippen LogP contribution in [0, 0.1) is 12.8 Å². The quantitative estimate of drug-likeness (QED) is 0.869. The molecule has 8 heteroatoms. The number of fused-ring (bicyclic) bond motifs is 1. The van der Waals surface area contributed by atoms with E-state index in [2.05, 4.69) is 15.5 Å². The van der Waals surface area contributed by atoms with E-state index in [1.165, 1.54) is 0 Å². The molecule has 8 nitrogen and oxygen atoms in total. The van der Waals surface area contributed by atoms with Crippen LogP contribution in [0.1, 0.15) is 42.5 Å². The normalized spacial score (nSPS) is 19.9. The van der Waals surface area contributed by atoms with E-state index in [0.717, 1.165) is 24.8 Å². The molecule has 148 valence electrons. The van der Waals surface area contributed by atoms with Crippen LogP contribution in [-0.4, -0.2) is 47.1 Å². The molecular weight excluding hydrogens is 360 g/mol. The fraction of sp³-hybridized carbons (Fsp3) is 0.500. The number of aryl methyl sites for hydroxylation is 1. The molecule has 1 aromatic heterocycles. The zero-order valence-electron chi connectivity index (χ0n) is 16.1. The van der Waals surface area contributed by atoms with Crippen LogP contribution in [-0.2, 0) is 16.0 Å². The minimum absolute atomic E-state index is 0.0106. The van der Waals surface area contributed by atoms with Gasteiger partial charge in [-0.15, -0.1) is 0 Å². The lowest BCUT2D eigenvalue weighted by atomic mass is 9.87. The third-order valence-electron chi connectivity index (χ3n) is 5.55. The molecule has 1 atom stereocenters. The van der Waals surface area contributed by atoms with E-state index in [0.29, 0.717) is 42.2 Å².